The van der Waals surface area contributed by atoms with Gasteiger partial charge in [0.25, 0.3) is 5.91 Å². The van der Waals surface area contributed by atoms with Gasteiger partial charge in [-0.2, -0.15) is 0 Å². The first kappa shape index (κ1) is 23.8. The maximum Gasteiger partial charge on any atom is 0.261 e. The number of hydrogen-bond donors (Lipinski definition) is 1. The molecule has 1 aliphatic rings. The van der Waals surface area contributed by atoms with Crippen molar-refractivity contribution in [1.82, 2.24) is 10.2 Å². The first-order chi connectivity index (χ1) is 15.3. The lowest BCUT2D eigenvalue weighted by Crippen LogP contribution is -2.50. The summed E-state index contributed by atoms with van der Waals surface area (Å²) in [4.78, 5) is 27.6. The summed E-state index contributed by atoms with van der Waals surface area (Å²) in [5.74, 6) is 0.123. The van der Waals surface area contributed by atoms with Gasteiger partial charge in [-0.1, -0.05) is 57.0 Å². The molecule has 6 heteroatoms. The van der Waals surface area contributed by atoms with E-state index in [0.717, 1.165) is 36.8 Å². The van der Waals surface area contributed by atoms with Crippen molar-refractivity contribution in [1.29, 1.82) is 0 Å². The molecule has 3 rings (SSSR count). The summed E-state index contributed by atoms with van der Waals surface area (Å²) in [6.45, 7) is 5.90. The molecule has 0 heterocycles. The van der Waals surface area contributed by atoms with Gasteiger partial charge in [0.2, 0.25) is 5.91 Å². The lowest BCUT2D eigenvalue weighted by atomic mass is 10.0. The summed E-state index contributed by atoms with van der Waals surface area (Å²) >= 11 is 0. The molecule has 32 heavy (non-hydrogen) atoms. The zero-order valence-electron chi connectivity index (χ0n) is 19.1. The molecule has 2 aromatic rings. The maximum absolute atomic E-state index is 13.3. The SMILES string of the molecule is CC(C)c1ccccc1OCC(=O)N(Cc1ccc(F)cc1)[C@H](C)C(=O)NC1CCCC1. The van der Waals surface area contributed by atoms with Crippen LogP contribution in [0.4, 0.5) is 4.39 Å². The second-order valence-electron chi connectivity index (χ2n) is 8.80. The van der Waals surface area contributed by atoms with Crippen molar-refractivity contribution in [2.45, 2.75) is 71.0 Å². The van der Waals surface area contributed by atoms with Crippen LogP contribution in [0.1, 0.15) is 63.5 Å². The van der Waals surface area contributed by atoms with Crippen LogP contribution < -0.4 is 10.1 Å². The number of halogens is 1. The summed E-state index contributed by atoms with van der Waals surface area (Å²) in [6, 6.07) is 13.1. The molecule has 0 unspecified atom stereocenters. The number of para-hydroxylation sites is 1. The number of ether oxygens (including phenoxy) is 1. The van der Waals surface area contributed by atoms with Gasteiger partial charge in [-0.25, -0.2) is 4.39 Å². The standard InChI is InChI=1S/C26H33FN2O3/c1-18(2)23-10-6-7-11-24(23)32-17-25(30)29(16-20-12-14-21(27)15-13-20)19(3)26(31)28-22-8-4-5-9-22/h6-7,10-15,18-19,22H,4-5,8-9,16-17H2,1-3H3,(H,28,31)/t19-/m1/s1. The van der Waals surface area contributed by atoms with Crippen LogP contribution in [0.3, 0.4) is 0 Å². The first-order valence-electron chi connectivity index (χ1n) is 11.4. The minimum atomic E-state index is -0.669. The van der Waals surface area contributed by atoms with E-state index in [0.29, 0.717) is 5.75 Å². The number of amides is 2. The van der Waals surface area contributed by atoms with Crippen molar-refractivity contribution in [2.75, 3.05) is 6.61 Å². The van der Waals surface area contributed by atoms with Crippen LogP contribution in [-0.2, 0) is 16.1 Å². The third kappa shape index (κ3) is 6.31. The van der Waals surface area contributed by atoms with Gasteiger partial charge in [-0.05, 0) is 55.0 Å². The van der Waals surface area contributed by atoms with Crippen LogP contribution in [0.25, 0.3) is 0 Å². The van der Waals surface area contributed by atoms with E-state index in [2.05, 4.69) is 19.2 Å². The van der Waals surface area contributed by atoms with Crippen molar-refractivity contribution >= 4 is 11.8 Å². The van der Waals surface area contributed by atoms with Gasteiger partial charge in [-0.3, -0.25) is 9.59 Å². The zero-order valence-corrected chi connectivity index (χ0v) is 19.1. The maximum atomic E-state index is 13.3. The molecular formula is C26H33FN2O3. The van der Waals surface area contributed by atoms with Crippen LogP contribution in [0.5, 0.6) is 5.75 Å². The minimum Gasteiger partial charge on any atom is -0.483 e. The fraction of sp³-hybridized carbons (Fsp3) is 0.462. The molecule has 0 aromatic heterocycles. The average molecular weight is 441 g/mol. The Bertz CT molecular complexity index is 908. The van der Waals surface area contributed by atoms with Crippen LogP contribution in [0.2, 0.25) is 0 Å². The largest absolute Gasteiger partial charge is 0.483 e. The molecule has 5 nitrogen and oxygen atoms in total. The number of rotatable bonds is 9. The predicted molar refractivity (Wildman–Crippen MR) is 123 cm³/mol. The van der Waals surface area contributed by atoms with Crippen LogP contribution in [-0.4, -0.2) is 35.4 Å². The van der Waals surface area contributed by atoms with Crippen LogP contribution in [0, 0.1) is 5.82 Å². The summed E-state index contributed by atoms with van der Waals surface area (Å²) in [5.41, 5.74) is 1.78. The Balaban J connectivity index is 1.73. The Morgan fingerprint density at radius 1 is 1.06 bits per heavy atom. The van der Waals surface area contributed by atoms with Crippen molar-refractivity contribution in [3.8, 4) is 5.75 Å². The molecule has 1 N–H and O–H groups in total. The molecule has 0 radical (unpaired) electrons. The molecule has 2 aromatic carbocycles. The van der Waals surface area contributed by atoms with E-state index in [1.54, 1.807) is 19.1 Å². The molecule has 0 saturated heterocycles. The van der Waals surface area contributed by atoms with Gasteiger partial charge in [0, 0.05) is 12.6 Å². The van der Waals surface area contributed by atoms with Gasteiger partial charge in [0.15, 0.2) is 6.61 Å². The smallest absolute Gasteiger partial charge is 0.261 e. The van der Waals surface area contributed by atoms with Crippen molar-refractivity contribution < 1.29 is 18.7 Å². The highest BCUT2D eigenvalue weighted by molar-refractivity contribution is 5.88. The van der Waals surface area contributed by atoms with Crippen LogP contribution >= 0.6 is 0 Å². The Labute approximate surface area is 190 Å². The fourth-order valence-corrected chi connectivity index (χ4v) is 4.07. The second-order valence-corrected chi connectivity index (χ2v) is 8.80. The van der Waals surface area contributed by atoms with Gasteiger partial charge in [0.05, 0.1) is 0 Å². The third-order valence-electron chi connectivity index (χ3n) is 6.03. The third-order valence-corrected chi connectivity index (χ3v) is 6.03. The monoisotopic (exact) mass is 440 g/mol. The zero-order chi connectivity index (χ0) is 23.1. The van der Waals surface area contributed by atoms with E-state index >= 15 is 0 Å². The molecule has 0 spiro atoms. The molecule has 0 aliphatic heterocycles. The number of hydrogen-bond acceptors (Lipinski definition) is 3. The number of nitrogens with zero attached hydrogens (tertiary/aromatic N) is 1. The summed E-state index contributed by atoms with van der Waals surface area (Å²) < 4.78 is 19.2. The topological polar surface area (TPSA) is 58.6 Å². The van der Waals surface area contributed by atoms with Gasteiger partial charge >= 0.3 is 0 Å². The number of carbonyl (C=O) groups excluding carboxylic acids is 2. The highest BCUT2D eigenvalue weighted by atomic mass is 19.1. The lowest BCUT2D eigenvalue weighted by molar-refractivity contribution is -0.142. The Morgan fingerprint density at radius 3 is 2.38 bits per heavy atom. The number of benzene rings is 2. The van der Waals surface area contributed by atoms with Crippen molar-refractivity contribution in [2.24, 2.45) is 0 Å². The quantitative estimate of drug-likeness (QED) is 0.609. The van der Waals surface area contributed by atoms with E-state index in [1.807, 2.05) is 24.3 Å². The Kier molecular flexibility index (Phi) is 8.26. The molecule has 1 fully saturated rings. The molecule has 1 saturated carbocycles. The van der Waals surface area contributed by atoms with E-state index in [-0.39, 0.29) is 42.7 Å². The summed E-state index contributed by atoms with van der Waals surface area (Å²) in [6.07, 6.45) is 4.17. The molecule has 172 valence electrons. The van der Waals surface area contributed by atoms with Crippen LogP contribution in [0.15, 0.2) is 48.5 Å². The molecule has 0 bridgehead atoms. The highest BCUT2D eigenvalue weighted by Crippen LogP contribution is 2.26. The van der Waals surface area contributed by atoms with Gasteiger partial charge in [0.1, 0.15) is 17.6 Å². The molecule has 2 amide bonds. The fourth-order valence-electron chi connectivity index (χ4n) is 4.07. The second kappa shape index (κ2) is 11.1. The average Bonchev–Trinajstić information content (AvgIpc) is 3.29. The number of nitrogens with one attached hydrogen (secondary N) is 1. The van der Waals surface area contributed by atoms with E-state index in [4.69, 9.17) is 4.74 Å². The minimum absolute atomic E-state index is 0.168. The normalized spacial score (nSPS) is 14.9. The number of carbonyl (C=O) groups is 2. The predicted octanol–water partition coefficient (Wildman–Crippen LogP) is 4.80. The molecular weight excluding hydrogens is 407 g/mol. The summed E-state index contributed by atoms with van der Waals surface area (Å²) in [7, 11) is 0. The van der Waals surface area contributed by atoms with E-state index in [1.165, 1.54) is 17.0 Å². The Morgan fingerprint density at radius 2 is 1.72 bits per heavy atom. The van der Waals surface area contributed by atoms with Gasteiger partial charge in [-0.15, -0.1) is 0 Å². The van der Waals surface area contributed by atoms with E-state index < -0.39 is 6.04 Å². The van der Waals surface area contributed by atoms with Gasteiger partial charge < -0.3 is 15.0 Å². The highest BCUT2D eigenvalue weighted by Gasteiger charge is 2.29. The van der Waals surface area contributed by atoms with E-state index in [9.17, 15) is 14.0 Å². The van der Waals surface area contributed by atoms with Crippen molar-refractivity contribution in [3.63, 3.8) is 0 Å². The lowest BCUT2D eigenvalue weighted by Gasteiger charge is -2.30. The van der Waals surface area contributed by atoms with Crippen molar-refractivity contribution in [3.05, 3.63) is 65.5 Å². The first-order valence-corrected chi connectivity index (χ1v) is 11.4. The Hall–Kier alpha value is -2.89. The molecule has 1 atom stereocenters. The molecule has 1 aliphatic carbocycles. The summed E-state index contributed by atoms with van der Waals surface area (Å²) in [5, 5.41) is 3.07.